The Kier molecular flexibility index (Phi) is 10.2. The molecule has 0 saturated carbocycles. The number of amides is 2. The number of imide groups is 1. The zero-order valence-electron chi connectivity index (χ0n) is 14.3. The Morgan fingerprint density at radius 3 is 2.48 bits per heavy atom. The minimum absolute atomic E-state index is 0.0604. The van der Waals surface area contributed by atoms with Crippen LogP contribution < -0.4 is 11.1 Å². The van der Waals surface area contributed by atoms with Crippen molar-refractivity contribution in [3.8, 4) is 0 Å². The fourth-order valence-electron chi connectivity index (χ4n) is 2.01. The van der Waals surface area contributed by atoms with Gasteiger partial charge in [0, 0.05) is 24.2 Å². The quantitative estimate of drug-likeness (QED) is 0.477. The molecular weight excluding hydrogens is 356 g/mol. The lowest BCUT2D eigenvalue weighted by Gasteiger charge is -2.17. The van der Waals surface area contributed by atoms with Crippen molar-refractivity contribution in [1.82, 2.24) is 5.32 Å². The van der Waals surface area contributed by atoms with Crippen molar-refractivity contribution >= 4 is 40.5 Å². The summed E-state index contributed by atoms with van der Waals surface area (Å²) in [6.07, 6.45) is 2.19. The van der Waals surface area contributed by atoms with Gasteiger partial charge in [-0.3, -0.25) is 19.7 Å². The molecule has 136 valence electrons. The standard InChI is InChI=1S/C18H24N2O3S2/c1-3-9-24-12-16(19)18(23)20-17(22)15(11-25-13(2)21)10-14-7-5-4-6-8-14/h3-8,15-16H,1,9-12,19H2,2H3,(H,20,22,23)/t15-,16+/m1/s1. The van der Waals surface area contributed by atoms with E-state index in [4.69, 9.17) is 5.73 Å². The predicted molar refractivity (Wildman–Crippen MR) is 105 cm³/mol. The van der Waals surface area contributed by atoms with Crippen LogP contribution in [0.4, 0.5) is 0 Å². The Morgan fingerprint density at radius 1 is 1.20 bits per heavy atom. The number of nitrogens with two attached hydrogens (primary N) is 1. The Morgan fingerprint density at radius 2 is 1.88 bits per heavy atom. The van der Waals surface area contributed by atoms with Gasteiger partial charge in [0.1, 0.15) is 0 Å². The highest BCUT2D eigenvalue weighted by atomic mass is 32.2. The number of thioether (sulfide) groups is 2. The van der Waals surface area contributed by atoms with Gasteiger partial charge in [-0.25, -0.2) is 0 Å². The third-order valence-electron chi connectivity index (χ3n) is 3.30. The molecule has 3 N–H and O–H groups in total. The third kappa shape index (κ3) is 8.90. The van der Waals surface area contributed by atoms with Crippen molar-refractivity contribution < 1.29 is 14.4 Å². The fraction of sp³-hybridized carbons (Fsp3) is 0.389. The molecule has 0 spiro atoms. The van der Waals surface area contributed by atoms with Crippen LogP contribution in [0.25, 0.3) is 0 Å². The molecule has 2 atom stereocenters. The van der Waals surface area contributed by atoms with Crippen LogP contribution in [0.1, 0.15) is 12.5 Å². The lowest BCUT2D eigenvalue weighted by atomic mass is 10.00. The molecule has 25 heavy (non-hydrogen) atoms. The van der Waals surface area contributed by atoms with Crippen molar-refractivity contribution in [2.45, 2.75) is 19.4 Å². The molecule has 0 heterocycles. The van der Waals surface area contributed by atoms with Gasteiger partial charge in [0.25, 0.3) is 0 Å². The second kappa shape index (κ2) is 11.9. The van der Waals surface area contributed by atoms with Crippen molar-refractivity contribution in [1.29, 1.82) is 0 Å². The average Bonchev–Trinajstić information content (AvgIpc) is 2.59. The second-order valence-corrected chi connectivity index (χ2v) is 7.75. The molecule has 0 aliphatic heterocycles. The Labute approximate surface area is 157 Å². The topological polar surface area (TPSA) is 89.3 Å². The van der Waals surface area contributed by atoms with Gasteiger partial charge in [0.15, 0.2) is 5.12 Å². The summed E-state index contributed by atoms with van der Waals surface area (Å²) in [5.41, 5.74) is 6.78. The Hall–Kier alpha value is -1.57. The summed E-state index contributed by atoms with van der Waals surface area (Å²) in [7, 11) is 0. The number of benzene rings is 1. The first kappa shape index (κ1) is 21.5. The molecule has 0 aliphatic carbocycles. The van der Waals surface area contributed by atoms with Gasteiger partial charge in [0.2, 0.25) is 11.8 Å². The van der Waals surface area contributed by atoms with Crippen LogP contribution in [0.3, 0.4) is 0 Å². The maximum atomic E-state index is 12.5. The summed E-state index contributed by atoms with van der Waals surface area (Å²) < 4.78 is 0. The molecule has 1 rings (SSSR count). The summed E-state index contributed by atoms with van der Waals surface area (Å²) in [5, 5.41) is 2.32. The summed E-state index contributed by atoms with van der Waals surface area (Å²) in [6, 6.07) is 8.75. The SMILES string of the molecule is C=CCSC[C@H](N)C(=O)NC(=O)[C@@H](CSC(C)=O)Cc1ccccc1. The lowest BCUT2D eigenvalue weighted by Crippen LogP contribution is -2.47. The van der Waals surface area contributed by atoms with E-state index in [9.17, 15) is 14.4 Å². The number of hydrogen-bond donors (Lipinski definition) is 2. The summed E-state index contributed by atoms with van der Waals surface area (Å²) in [4.78, 5) is 35.8. The number of carbonyl (C=O) groups excluding carboxylic acids is 3. The normalized spacial score (nSPS) is 12.9. The molecule has 7 heteroatoms. The van der Waals surface area contributed by atoms with Crippen molar-refractivity contribution in [2.24, 2.45) is 11.7 Å². The second-order valence-electron chi connectivity index (χ2n) is 5.48. The molecule has 2 amide bonds. The molecule has 0 saturated heterocycles. The van der Waals surface area contributed by atoms with E-state index >= 15 is 0 Å². The van der Waals surface area contributed by atoms with E-state index in [1.54, 1.807) is 6.08 Å². The largest absolute Gasteiger partial charge is 0.319 e. The highest BCUT2D eigenvalue weighted by molar-refractivity contribution is 8.13. The van der Waals surface area contributed by atoms with E-state index in [0.717, 1.165) is 17.3 Å². The van der Waals surface area contributed by atoms with Crippen molar-refractivity contribution in [2.75, 3.05) is 17.3 Å². The molecule has 0 fully saturated rings. The average molecular weight is 381 g/mol. The van der Waals surface area contributed by atoms with E-state index in [1.807, 2.05) is 30.3 Å². The minimum atomic E-state index is -0.758. The van der Waals surface area contributed by atoms with Crippen LogP contribution in [0.2, 0.25) is 0 Å². The zero-order chi connectivity index (χ0) is 18.7. The molecular formula is C18H24N2O3S2. The number of carbonyl (C=O) groups is 3. The Bertz CT molecular complexity index is 593. The van der Waals surface area contributed by atoms with Gasteiger partial charge in [-0.05, 0) is 12.0 Å². The molecule has 1 aromatic carbocycles. The smallest absolute Gasteiger partial charge is 0.244 e. The van der Waals surface area contributed by atoms with Crippen LogP contribution >= 0.6 is 23.5 Å². The van der Waals surface area contributed by atoms with Gasteiger partial charge in [-0.2, -0.15) is 11.8 Å². The van der Waals surface area contributed by atoms with Gasteiger partial charge < -0.3 is 5.73 Å². The molecule has 0 bridgehead atoms. The molecule has 0 radical (unpaired) electrons. The van der Waals surface area contributed by atoms with E-state index in [2.05, 4.69) is 11.9 Å². The maximum absolute atomic E-state index is 12.5. The molecule has 5 nitrogen and oxygen atoms in total. The molecule has 0 aromatic heterocycles. The zero-order valence-corrected chi connectivity index (χ0v) is 15.9. The van der Waals surface area contributed by atoms with Crippen LogP contribution in [0.15, 0.2) is 43.0 Å². The number of nitrogens with one attached hydrogen (secondary N) is 1. The highest BCUT2D eigenvalue weighted by Crippen LogP contribution is 2.16. The highest BCUT2D eigenvalue weighted by Gasteiger charge is 2.24. The number of hydrogen-bond acceptors (Lipinski definition) is 6. The lowest BCUT2D eigenvalue weighted by molar-refractivity contribution is -0.132. The first-order valence-electron chi connectivity index (χ1n) is 7.90. The van der Waals surface area contributed by atoms with Crippen LogP contribution in [-0.2, 0) is 20.8 Å². The third-order valence-corrected chi connectivity index (χ3v) is 5.34. The van der Waals surface area contributed by atoms with E-state index in [1.165, 1.54) is 18.7 Å². The van der Waals surface area contributed by atoms with E-state index in [-0.39, 0.29) is 5.12 Å². The van der Waals surface area contributed by atoms with Gasteiger partial charge in [0.05, 0.1) is 12.0 Å². The molecule has 0 unspecified atom stereocenters. The number of rotatable bonds is 10. The monoisotopic (exact) mass is 380 g/mol. The van der Waals surface area contributed by atoms with Crippen LogP contribution in [0, 0.1) is 5.92 Å². The first-order chi connectivity index (χ1) is 11.9. The summed E-state index contributed by atoms with van der Waals surface area (Å²) in [6.45, 7) is 5.06. The Balaban J connectivity index is 2.65. The predicted octanol–water partition coefficient (Wildman–Crippen LogP) is 2.01. The minimum Gasteiger partial charge on any atom is -0.319 e. The van der Waals surface area contributed by atoms with Gasteiger partial charge >= 0.3 is 0 Å². The summed E-state index contributed by atoms with van der Waals surface area (Å²) in [5.74, 6) is 0.0638. The summed E-state index contributed by atoms with van der Waals surface area (Å²) >= 11 is 2.56. The molecule has 1 aromatic rings. The van der Waals surface area contributed by atoms with Crippen LogP contribution in [-0.4, -0.2) is 40.2 Å². The van der Waals surface area contributed by atoms with Crippen molar-refractivity contribution in [3.05, 3.63) is 48.6 Å². The van der Waals surface area contributed by atoms with Gasteiger partial charge in [-0.1, -0.05) is 48.2 Å². The maximum Gasteiger partial charge on any atom is 0.244 e. The van der Waals surface area contributed by atoms with Crippen LogP contribution in [0.5, 0.6) is 0 Å². The van der Waals surface area contributed by atoms with Gasteiger partial charge in [-0.15, -0.1) is 6.58 Å². The fourth-order valence-corrected chi connectivity index (χ4v) is 3.43. The van der Waals surface area contributed by atoms with E-state index in [0.29, 0.717) is 23.7 Å². The first-order valence-corrected chi connectivity index (χ1v) is 10.0. The van der Waals surface area contributed by atoms with E-state index < -0.39 is 23.8 Å². The molecule has 0 aliphatic rings. The van der Waals surface area contributed by atoms with Crippen molar-refractivity contribution in [3.63, 3.8) is 0 Å².